The average Bonchev–Trinajstić information content (AvgIpc) is 3.29. The topological polar surface area (TPSA) is 53.2 Å². The number of nitrogens with zero attached hydrogens (tertiary/aromatic N) is 1. The van der Waals surface area contributed by atoms with E-state index < -0.39 is 10.0 Å². The average molecular weight is 346 g/mol. The SMILES string of the molecule is O=S(=O)(c1cccs1)N1CCCC1Cc1c[nH]c2ccccc12. The number of benzene rings is 1. The van der Waals surface area contributed by atoms with Crippen LogP contribution in [-0.4, -0.2) is 30.3 Å². The first-order valence-corrected chi connectivity index (χ1v) is 10.1. The normalized spacial score (nSPS) is 19.6. The summed E-state index contributed by atoms with van der Waals surface area (Å²) >= 11 is 1.29. The highest BCUT2D eigenvalue weighted by atomic mass is 32.2. The van der Waals surface area contributed by atoms with E-state index in [1.165, 1.54) is 22.3 Å². The van der Waals surface area contributed by atoms with Gasteiger partial charge in [0.1, 0.15) is 4.21 Å². The number of fused-ring (bicyclic) bond motifs is 1. The third-order valence-corrected chi connectivity index (χ3v) is 7.84. The van der Waals surface area contributed by atoms with Gasteiger partial charge in [-0.1, -0.05) is 24.3 Å². The molecule has 0 amide bonds. The molecule has 23 heavy (non-hydrogen) atoms. The van der Waals surface area contributed by atoms with Crippen LogP contribution in [0.5, 0.6) is 0 Å². The summed E-state index contributed by atoms with van der Waals surface area (Å²) in [7, 11) is -3.36. The Bertz CT molecular complexity index is 913. The van der Waals surface area contributed by atoms with E-state index in [1.807, 2.05) is 29.8 Å². The fourth-order valence-electron chi connectivity index (χ4n) is 3.41. The molecule has 1 N–H and O–H groups in total. The van der Waals surface area contributed by atoms with Crippen LogP contribution in [0.3, 0.4) is 0 Å². The molecule has 1 unspecified atom stereocenters. The number of hydrogen-bond acceptors (Lipinski definition) is 3. The number of thiophene rings is 1. The minimum atomic E-state index is -3.36. The molecule has 120 valence electrons. The molecule has 1 aromatic carbocycles. The zero-order valence-corrected chi connectivity index (χ0v) is 14.2. The van der Waals surface area contributed by atoms with Crippen molar-refractivity contribution in [2.24, 2.45) is 0 Å². The highest BCUT2D eigenvalue weighted by Gasteiger charge is 2.36. The van der Waals surface area contributed by atoms with Crippen LogP contribution in [-0.2, 0) is 16.4 Å². The molecule has 1 atom stereocenters. The van der Waals surface area contributed by atoms with Crippen molar-refractivity contribution in [3.63, 3.8) is 0 Å². The monoisotopic (exact) mass is 346 g/mol. The molecule has 1 aliphatic heterocycles. The standard InChI is InChI=1S/C17H18N2O2S2/c20-23(21,17-8-4-10-22-17)19-9-3-5-14(19)11-13-12-18-16-7-2-1-6-15(13)16/h1-2,4,6-8,10,12,14,18H,3,5,9,11H2. The number of aromatic nitrogens is 1. The second kappa shape index (κ2) is 5.78. The first-order valence-electron chi connectivity index (χ1n) is 7.76. The minimum absolute atomic E-state index is 0.0429. The lowest BCUT2D eigenvalue weighted by atomic mass is 10.0. The van der Waals surface area contributed by atoms with Crippen LogP contribution < -0.4 is 0 Å². The van der Waals surface area contributed by atoms with E-state index in [0.29, 0.717) is 10.8 Å². The lowest BCUT2D eigenvalue weighted by Crippen LogP contribution is -2.36. The molecule has 1 saturated heterocycles. The predicted octanol–water partition coefficient (Wildman–Crippen LogP) is 3.63. The smallest absolute Gasteiger partial charge is 0.252 e. The van der Waals surface area contributed by atoms with Crippen LogP contribution in [0.25, 0.3) is 10.9 Å². The molecule has 0 saturated carbocycles. The Morgan fingerprint density at radius 2 is 2.09 bits per heavy atom. The molecule has 6 heteroatoms. The molecule has 0 spiro atoms. The van der Waals surface area contributed by atoms with Crippen molar-refractivity contribution in [3.05, 3.63) is 53.5 Å². The summed E-state index contributed by atoms with van der Waals surface area (Å²) in [5.74, 6) is 0. The lowest BCUT2D eigenvalue weighted by molar-refractivity contribution is 0.387. The molecule has 1 fully saturated rings. The van der Waals surface area contributed by atoms with Gasteiger partial charge in [0.05, 0.1) is 0 Å². The first kappa shape index (κ1) is 14.9. The van der Waals surface area contributed by atoms with Gasteiger partial charge >= 0.3 is 0 Å². The van der Waals surface area contributed by atoms with E-state index in [0.717, 1.165) is 24.8 Å². The van der Waals surface area contributed by atoms with Crippen molar-refractivity contribution in [1.82, 2.24) is 9.29 Å². The molecule has 3 aromatic rings. The van der Waals surface area contributed by atoms with E-state index >= 15 is 0 Å². The first-order chi connectivity index (χ1) is 11.2. The zero-order chi connectivity index (χ0) is 15.9. The van der Waals surface area contributed by atoms with Crippen molar-refractivity contribution in [2.45, 2.75) is 29.5 Å². The van der Waals surface area contributed by atoms with Crippen LogP contribution in [0.2, 0.25) is 0 Å². The van der Waals surface area contributed by atoms with Crippen LogP contribution in [0, 0.1) is 0 Å². The van der Waals surface area contributed by atoms with E-state index in [1.54, 1.807) is 16.4 Å². The number of rotatable bonds is 4. The maximum Gasteiger partial charge on any atom is 0.252 e. The quantitative estimate of drug-likeness (QED) is 0.784. The number of sulfonamides is 1. The van der Waals surface area contributed by atoms with Gasteiger partial charge in [0.15, 0.2) is 0 Å². The number of para-hydroxylation sites is 1. The molecule has 4 rings (SSSR count). The molecule has 0 radical (unpaired) electrons. The van der Waals surface area contributed by atoms with Gasteiger partial charge in [-0.2, -0.15) is 4.31 Å². The van der Waals surface area contributed by atoms with E-state index in [-0.39, 0.29) is 6.04 Å². The Kier molecular flexibility index (Phi) is 3.75. The van der Waals surface area contributed by atoms with Gasteiger partial charge in [-0.25, -0.2) is 8.42 Å². The predicted molar refractivity (Wildman–Crippen MR) is 93.2 cm³/mol. The summed E-state index contributed by atoms with van der Waals surface area (Å²) in [4.78, 5) is 3.28. The van der Waals surface area contributed by atoms with Crippen molar-refractivity contribution < 1.29 is 8.42 Å². The fraction of sp³-hybridized carbons (Fsp3) is 0.294. The molecule has 0 bridgehead atoms. The summed E-state index contributed by atoms with van der Waals surface area (Å²) in [6.07, 6.45) is 4.62. The molecule has 0 aliphatic carbocycles. The summed E-state index contributed by atoms with van der Waals surface area (Å²) < 4.78 is 27.8. The summed E-state index contributed by atoms with van der Waals surface area (Å²) in [5.41, 5.74) is 2.30. The highest BCUT2D eigenvalue weighted by Crippen LogP contribution is 2.31. The second-order valence-electron chi connectivity index (χ2n) is 5.91. The van der Waals surface area contributed by atoms with Gasteiger partial charge in [0.2, 0.25) is 0 Å². The van der Waals surface area contributed by atoms with Gasteiger partial charge in [-0.15, -0.1) is 11.3 Å². The summed E-state index contributed by atoms with van der Waals surface area (Å²) in [6.45, 7) is 0.618. The van der Waals surface area contributed by atoms with E-state index in [9.17, 15) is 8.42 Å². The Morgan fingerprint density at radius 1 is 1.22 bits per heavy atom. The molecule has 1 aliphatic rings. The Labute approximate surface area is 139 Å². The maximum atomic E-state index is 12.8. The Hall–Kier alpha value is -1.63. The number of nitrogens with one attached hydrogen (secondary N) is 1. The molecule has 3 heterocycles. The van der Waals surface area contributed by atoms with Gasteiger partial charge in [-0.3, -0.25) is 0 Å². The second-order valence-corrected chi connectivity index (χ2v) is 8.97. The Morgan fingerprint density at radius 3 is 2.91 bits per heavy atom. The Balaban J connectivity index is 1.64. The maximum absolute atomic E-state index is 12.8. The van der Waals surface area contributed by atoms with Crippen LogP contribution in [0.4, 0.5) is 0 Å². The van der Waals surface area contributed by atoms with Gasteiger partial charge < -0.3 is 4.98 Å². The highest BCUT2D eigenvalue weighted by molar-refractivity contribution is 7.91. The number of aromatic amines is 1. The molecular formula is C17H18N2O2S2. The van der Waals surface area contributed by atoms with Crippen LogP contribution in [0.1, 0.15) is 18.4 Å². The summed E-state index contributed by atoms with van der Waals surface area (Å²) in [5, 5.41) is 3.00. The number of H-pyrrole nitrogens is 1. The van der Waals surface area contributed by atoms with Crippen molar-refractivity contribution in [1.29, 1.82) is 0 Å². The summed E-state index contributed by atoms with van der Waals surface area (Å²) in [6, 6.07) is 11.7. The van der Waals surface area contributed by atoms with Gasteiger partial charge in [-0.05, 0) is 42.3 Å². The van der Waals surface area contributed by atoms with Crippen molar-refractivity contribution in [3.8, 4) is 0 Å². The van der Waals surface area contributed by atoms with Crippen molar-refractivity contribution >= 4 is 32.3 Å². The van der Waals surface area contributed by atoms with Crippen molar-refractivity contribution in [2.75, 3.05) is 6.54 Å². The number of hydrogen-bond donors (Lipinski definition) is 1. The third-order valence-electron chi connectivity index (χ3n) is 4.51. The van der Waals surface area contributed by atoms with Gasteiger partial charge in [0, 0.05) is 29.7 Å². The van der Waals surface area contributed by atoms with E-state index in [2.05, 4.69) is 11.1 Å². The molecule has 4 nitrogen and oxygen atoms in total. The fourth-order valence-corrected chi connectivity index (χ4v) is 6.22. The van der Waals surface area contributed by atoms with Gasteiger partial charge in [0.25, 0.3) is 10.0 Å². The minimum Gasteiger partial charge on any atom is -0.361 e. The zero-order valence-electron chi connectivity index (χ0n) is 12.6. The molecule has 2 aromatic heterocycles. The van der Waals surface area contributed by atoms with Crippen LogP contribution in [0.15, 0.2) is 52.2 Å². The largest absolute Gasteiger partial charge is 0.361 e. The molecular weight excluding hydrogens is 328 g/mol. The van der Waals surface area contributed by atoms with E-state index in [4.69, 9.17) is 0 Å². The third kappa shape index (κ3) is 2.60. The van der Waals surface area contributed by atoms with Crippen LogP contribution >= 0.6 is 11.3 Å². The lowest BCUT2D eigenvalue weighted by Gasteiger charge is -2.23.